The molecule has 1 aromatic carbocycles. The van der Waals surface area contributed by atoms with Crippen LogP contribution in [0.3, 0.4) is 0 Å². The molecule has 0 spiro atoms. The molecule has 3 nitrogen and oxygen atoms in total. The van der Waals surface area contributed by atoms with Gasteiger partial charge in [-0.25, -0.2) is 0 Å². The number of aliphatic hydroxyl groups is 1. The van der Waals surface area contributed by atoms with E-state index in [1.165, 1.54) is 30.5 Å². The Kier molecular flexibility index (Phi) is 5.87. The van der Waals surface area contributed by atoms with E-state index in [2.05, 4.69) is 58.2 Å². The first-order valence-electron chi connectivity index (χ1n) is 7.57. The van der Waals surface area contributed by atoms with Gasteiger partial charge in [0, 0.05) is 28.8 Å². The highest BCUT2D eigenvalue weighted by Crippen LogP contribution is 2.35. The van der Waals surface area contributed by atoms with Gasteiger partial charge in [-0.1, -0.05) is 28.9 Å². The molecule has 112 valence electrons. The number of anilines is 1. The minimum absolute atomic E-state index is 0.206. The van der Waals surface area contributed by atoms with Crippen LogP contribution in [0.25, 0.3) is 0 Å². The Morgan fingerprint density at radius 2 is 2.20 bits per heavy atom. The van der Waals surface area contributed by atoms with Crippen LogP contribution in [0, 0.1) is 0 Å². The summed E-state index contributed by atoms with van der Waals surface area (Å²) in [5.74, 6) is 0. The summed E-state index contributed by atoms with van der Waals surface area (Å²) in [6.07, 6.45) is 3.78. The van der Waals surface area contributed by atoms with Gasteiger partial charge in [-0.05, 0) is 50.4 Å². The lowest BCUT2D eigenvalue weighted by Crippen LogP contribution is -2.42. The molecule has 0 bridgehead atoms. The van der Waals surface area contributed by atoms with Crippen molar-refractivity contribution in [2.45, 2.75) is 45.2 Å². The zero-order valence-electron chi connectivity index (χ0n) is 12.4. The molecular formula is C16H25BrN2O. The highest BCUT2D eigenvalue weighted by atomic mass is 79.9. The second-order valence-corrected chi connectivity index (χ2v) is 6.40. The fraction of sp³-hybridized carbons (Fsp3) is 0.625. The minimum atomic E-state index is 0.206. The largest absolute Gasteiger partial charge is 0.395 e. The highest BCUT2D eigenvalue weighted by molar-refractivity contribution is 9.10. The lowest BCUT2D eigenvalue weighted by Gasteiger charge is -2.40. The number of nitrogens with zero attached hydrogens (tertiary/aromatic N) is 1. The van der Waals surface area contributed by atoms with Gasteiger partial charge in [-0.2, -0.15) is 0 Å². The van der Waals surface area contributed by atoms with Crippen molar-refractivity contribution in [2.75, 3.05) is 24.6 Å². The van der Waals surface area contributed by atoms with Crippen molar-refractivity contribution in [1.82, 2.24) is 5.32 Å². The molecule has 1 aliphatic carbocycles. The van der Waals surface area contributed by atoms with Crippen molar-refractivity contribution in [3.8, 4) is 0 Å². The molecule has 2 rings (SSSR count). The maximum absolute atomic E-state index is 9.40. The molecule has 1 saturated carbocycles. The molecule has 1 fully saturated rings. The van der Waals surface area contributed by atoms with Crippen molar-refractivity contribution in [2.24, 2.45) is 0 Å². The number of rotatable bonds is 7. The molecule has 2 N–H and O–H groups in total. The van der Waals surface area contributed by atoms with E-state index >= 15 is 0 Å². The molecule has 0 radical (unpaired) electrons. The average Bonchev–Trinajstić information content (AvgIpc) is 2.36. The summed E-state index contributed by atoms with van der Waals surface area (Å²) in [7, 11) is 0. The summed E-state index contributed by atoms with van der Waals surface area (Å²) >= 11 is 3.58. The summed E-state index contributed by atoms with van der Waals surface area (Å²) in [6.45, 7) is 6.21. The van der Waals surface area contributed by atoms with E-state index in [0.29, 0.717) is 18.6 Å². The fourth-order valence-corrected chi connectivity index (χ4v) is 3.20. The molecule has 1 aromatic rings. The molecule has 0 saturated heterocycles. The number of hydrogen-bond donors (Lipinski definition) is 2. The summed E-state index contributed by atoms with van der Waals surface area (Å²) in [5, 5.41) is 12.9. The van der Waals surface area contributed by atoms with Crippen LogP contribution < -0.4 is 10.2 Å². The van der Waals surface area contributed by atoms with E-state index in [4.69, 9.17) is 0 Å². The number of benzene rings is 1. The van der Waals surface area contributed by atoms with Crippen LogP contribution in [0.1, 0.15) is 44.7 Å². The standard InChI is InChI=1S/C16H25BrN2O/c1-3-18-12(2)15-8-7-13(17)11-16(15)19(9-10-20)14-5-4-6-14/h7-8,11-12,14,18,20H,3-6,9-10H2,1-2H3. The van der Waals surface area contributed by atoms with Crippen LogP contribution in [-0.2, 0) is 0 Å². The number of hydrogen-bond acceptors (Lipinski definition) is 3. The maximum Gasteiger partial charge on any atom is 0.0606 e. The van der Waals surface area contributed by atoms with Crippen LogP contribution in [0.15, 0.2) is 22.7 Å². The van der Waals surface area contributed by atoms with Gasteiger partial charge in [0.15, 0.2) is 0 Å². The molecule has 1 unspecified atom stereocenters. The van der Waals surface area contributed by atoms with Crippen molar-refractivity contribution in [1.29, 1.82) is 0 Å². The van der Waals surface area contributed by atoms with E-state index in [9.17, 15) is 5.11 Å². The predicted octanol–water partition coefficient (Wildman–Crippen LogP) is 3.47. The first kappa shape index (κ1) is 15.8. The Hall–Kier alpha value is -0.580. The van der Waals surface area contributed by atoms with Gasteiger partial charge in [0.2, 0.25) is 0 Å². The van der Waals surface area contributed by atoms with Crippen LogP contribution in [0.2, 0.25) is 0 Å². The van der Waals surface area contributed by atoms with Gasteiger partial charge in [0.25, 0.3) is 0 Å². The van der Waals surface area contributed by atoms with Crippen LogP contribution in [0.4, 0.5) is 5.69 Å². The molecule has 0 heterocycles. The van der Waals surface area contributed by atoms with E-state index in [1.807, 2.05) is 0 Å². The van der Waals surface area contributed by atoms with E-state index < -0.39 is 0 Å². The van der Waals surface area contributed by atoms with Crippen LogP contribution >= 0.6 is 15.9 Å². The van der Waals surface area contributed by atoms with Gasteiger partial charge in [-0.15, -0.1) is 0 Å². The third-order valence-electron chi connectivity index (χ3n) is 4.14. The average molecular weight is 341 g/mol. The SMILES string of the molecule is CCNC(C)c1ccc(Br)cc1N(CCO)C1CCC1. The summed E-state index contributed by atoms with van der Waals surface area (Å²) in [6, 6.07) is 7.39. The molecular weight excluding hydrogens is 316 g/mol. The first-order valence-corrected chi connectivity index (χ1v) is 8.37. The third-order valence-corrected chi connectivity index (χ3v) is 4.63. The Bertz CT molecular complexity index is 434. The number of halogens is 1. The third kappa shape index (κ3) is 3.54. The minimum Gasteiger partial charge on any atom is -0.395 e. The van der Waals surface area contributed by atoms with Gasteiger partial charge >= 0.3 is 0 Å². The van der Waals surface area contributed by atoms with Crippen LogP contribution in [0.5, 0.6) is 0 Å². The second-order valence-electron chi connectivity index (χ2n) is 5.48. The molecule has 4 heteroatoms. The number of nitrogens with one attached hydrogen (secondary N) is 1. The zero-order chi connectivity index (χ0) is 14.5. The summed E-state index contributed by atoms with van der Waals surface area (Å²) in [5.41, 5.74) is 2.57. The second kappa shape index (κ2) is 7.43. The Morgan fingerprint density at radius 1 is 1.45 bits per heavy atom. The lowest BCUT2D eigenvalue weighted by atomic mass is 9.90. The lowest BCUT2D eigenvalue weighted by molar-refractivity contribution is 0.283. The molecule has 1 atom stereocenters. The normalized spacial score (nSPS) is 16.8. The predicted molar refractivity (Wildman–Crippen MR) is 88.3 cm³/mol. The summed E-state index contributed by atoms with van der Waals surface area (Å²) in [4.78, 5) is 2.39. The maximum atomic E-state index is 9.40. The van der Waals surface area contributed by atoms with Gasteiger partial charge < -0.3 is 15.3 Å². The van der Waals surface area contributed by atoms with Crippen molar-refractivity contribution >= 4 is 21.6 Å². The van der Waals surface area contributed by atoms with Gasteiger partial charge in [0.05, 0.1) is 6.61 Å². The van der Waals surface area contributed by atoms with E-state index in [1.54, 1.807) is 0 Å². The molecule has 0 amide bonds. The highest BCUT2D eigenvalue weighted by Gasteiger charge is 2.27. The summed E-state index contributed by atoms with van der Waals surface area (Å²) < 4.78 is 1.10. The fourth-order valence-electron chi connectivity index (χ4n) is 2.85. The molecule has 0 aliphatic heterocycles. The zero-order valence-corrected chi connectivity index (χ0v) is 14.0. The first-order chi connectivity index (χ1) is 9.67. The smallest absolute Gasteiger partial charge is 0.0606 e. The van der Waals surface area contributed by atoms with E-state index in [0.717, 1.165) is 11.0 Å². The van der Waals surface area contributed by atoms with Crippen molar-refractivity contribution in [3.05, 3.63) is 28.2 Å². The quantitative estimate of drug-likeness (QED) is 0.797. The molecule has 20 heavy (non-hydrogen) atoms. The van der Waals surface area contributed by atoms with Gasteiger partial charge in [-0.3, -0.25) is 0 Å². The monoisotopic (exact) mass is 340 g/mol. The Morgan fingerprint density at radius 3 is 2.75 bits per heavy atom. The Labute approximate surface area is 130 Å². The van der Waals surface area contributed by atoms with Crippen molar-refractivity contribution in [3.63, 3.8) is 0 Å². The van der Waals surface area contributed by atoms with Crippen molar-refractivity contribution < 1.29 is 5.11 Å². The topological polar surface area (TPSA) is 35.5 Å². The van der Waals surface area contributed by atoms with Crippen LogP contribution in [-0.4, -0.2) is 30.8 Å². The van der Waals surface area contributed by atoms with E-state index in [-0.39, 0.29) is 6.61 Å². The Balaban J connectivity index is 2.32. The van der Waals surface area contributed by atoms with Gasteiger partial charge in [0.1, 0.15) is 0 Å². The number of aliphatic hydroxyl groups excluding tert-OH is 1. The molecule has 1 aliphatic rings. The molecule has 0 aromatic heterocycles.